The van der Waals surface area contributed by atoms with E-state index in [1.165, 1.54) is 6.07 Å². The normalized spacial score (nSPS) is 11.5. The van der Waals surface area contributed by atoms with Crippen molar-refractivity contribution in [2.24, 2.45) is 5.92 Å². The van der Waals surface area contributed by atoms with Gasteiger partial charge in [0.25, 0.3) is 5.56 Å². The van der Waals surface area contributed by atoms with Crippen LogP contribution in [-0.2, 0) is 17.9 Å². The zero-order valence-electron chi connectivity index (χ0n) is 17.0. The summed E-state index contributed by atoms with van der Waals surface area (Å²) >= 11 is 5.94. The molecule has 160 valence electrons. The lowest BCUT2D eigenvalue weighted by Crippen LogP contribution is -2.24. The SMILES string of the molecule is CC(C)CCn1c(=O)c2ccccc2n2c(COC(=O)c3ccc(F)cc3Cl)nnc12. The zero-order chi connectivity index (χ0) is 22.1. The van der Waals surface area contributed by atoms with Crippen molar-refractivity contribution >= 4 is 34.3 Å². The summed E-state index contributed by atoms with van der Waals surface area (Å²) in [6, 6.07) is 10.6. The average molecular weight is 443 g/mol. The Morgan fingerprint density at radius 2 is 1.97 bits per heavy atom. The quantitative estimate of drug-likeness (QED) is 0.417. The smallest absolute Gasteiger partial charge is 0.340 e. The molecule has 0 radical (unpaired) electrons. The first-order valence-corrected chi connectivity index (χ1v) is 10.2. The van der Waals surface area contributed by atoms with Crippen molar-refractivity contribution in [3.8, 4) is 0 Å². The summed E-state index contributed by atoms with van der Waals surface area (Å²) in [6.07, 6.45) is 0.800. The number of rotatable bonds is 6. The highest BCUT2D eigenvalue weighted by atomic mass is 35.5. The summed E-state index contributed by atoms with van der Waals surface area (Å²) in [6.45, 7) is 4.46. The molecule has 0 N–H and O–H groups in total. The van der Waals surface area contributed by atoms with Gasteiger partial charge in [-0.15, -0.1) is 10.2 Å². The van der Waals surface area contributed by atoms with Gasteiger partial charge in [0.1, 0.15) is 5.82 Å². The van der Waals surface area contributed by atoms with Gasteiger partial charge in [0.2, 0.25) is 5.78 Å². The van der Waals surface area contributed by atoms with Crippen LogP contribution in [0.4, 0.5) is 4.39 Å². The van der Waals surface area contributed by atoms with Crippen LogP contribution < -0.4 is 5.56 Å². The molecular weight excluding hydrogens is 423 g/mol. The Kier molecular flexibility index (Phi) is 5.73. The number of ether oxygens (including phenoxy) is 1. The van der Waals surface area contributed by atoms with E-state index in [4.69, 9.17) is 16.3 Å². The number of hydrogen-bond acceptors (Lipinski definition) is 5. The molecule has 4 aromatic rings. The van der Waals surface area contributed by atoms with Crippen molar-refractivity contribution in [2.45, 2.75) is 33.4 Å². The van der Waals surface area contributed by atoms with Crippen LogP contribution in [0.25, 0.3) is 16.7 Å². The van der Waals surface area contributed by atoms with Crippen LogP contribution in [0.3, 0.4) is 0 Å². The van der Waals surface area contributed by atoms with Gasteiger partial charge in [-0.05, 0) is 42.7 Å². The molecule has 2 aromatic heterocycles. The van der Waals surface area contributed by atoms with E-state index in [1.54, 1.807) is 27.2 Å². The number of nitrogens with zero attached hydrogens (tertiary/aromatic N) is 4. The van der Waals surface area contributed by atoms with Crippen molar-refractivity contribution in [3.05, 3.63) is 75.0 Å². The Labute approximate surface area is 182 Å². The van der Waals surface area contributed by atoms with E-state index in [-0.39, 0.29) is 22.8 Å². The van der Waals surface area contributed by atoms with E-state index < -0.39 is 11.8 Å². The lowest BCUT2D eigenvalue weighted by Gasteiger charge is -2.12. The van der Waals surface area contributed by atoms with E-state index in [1.807, 2.05) is 6.07 Å². The first-order chi connectivity index (χ1) is 14.9. The summed E-state index contributed by atoms with van der Waals surface area (Å²) < 4.78 is 21.9. The second-order valence-corrected chi connectivity index (χ2v) is 8.02. The molecule has 0 saturated carbocycles. The van der Waals surface area contributed by atoms with Gasteiger partial charge >= 0.3 is 5.97 Å². The number of benzene rings is 2. The number of hydrogen-bond donors (Lipinski definition) is 0. The zero-order valence-corrected chi connectivity index (χ0v) is 17.8. The van der Waals surface area contributed by atoms with Gasteiger partial charge in [-0.3, -0.25) is 13.8 Å². The second kappa shape index (κ2) is 8.47. The Bertz CT molecular complexity index is 1350. The van der Waals surface area contributed by atoms with Crippen molar-refractivity contribution in [1.29, 1.82) is 0 Å². The minimum absolute atomic E-state index is 0.0379. The van der Waals surface area contributed by atoms with Gasteiger partial charge in [0.05, 0.1) is 21.5 Å². The Morgan fingerprint density at radius 3 is 2.71 bits per heavy atom. The highest BCUT2D eigenvalue weighted by molar-refractivity contribution is 6.33. The minimum atomic E-state index is -0.709. The summed E-state index contributed by atoms with van der Waals surface area (Å²) in [5, 5.41) is 8.84. The monoisotopic (exact) mass is 442 g/mol. The number of fused-ring (bicyclic) bond motifs is 3. The molecule has 7 nitrogen and oxygen atoms in total. The van der Waals surface area contributed by atoms with Crippen molar-refractivity contribution in [3.63, 3.8) is 0 Å². The van der Waals surface area contributed by atoms with Gasteiger partial charge in [-0.2, -0.15) is 0 Å². The number of carbonyl (C=O) groups excluding carboxylic acids is 1. The topological polar surface area (TPSA) is 78.5 Å². The molecule has 0 unspecified atom stereocenters. The molecule has 0 spiro atoms. The highest BCUT2D eigenvalue weighted by Crippen LogP contribution is 2.20. The lowest BCUT2D eigenvalue weighted by atomic mass is 10.1. The molecule has 0 aliphatic heterocycles. The van der Waals surface area contributed by atoms with Crippen molar-refractivity contribution < 1.29 is 13.9 Å². The molecule has 0 atom stereocenters. The van der Waals surface area contributed by atoms with Crippen LogP contribution in [-0.4, -0.2) is 25.1 Å². The maximum Gasteiger partial charge on any atom is 0.340 e. The standard InChI is InChI=1S/C22H20ClFN4O3/c1-13(2)9-10-27-20(29)16-5-3-4-6-18(16)28-19(25-26-22(27)28)12-31-21(30)15-8-7-14(24)11-17(15)23/h3-8,11,13H,9-10,12H2,1-2H3. The highest BCUT2D eigenvalue weighted by Gasteiger charge is 2.19. The van der Waals surface area contributed by atoms with E-state index in [0.717, 1.165) is 18.6 Å². The fourth-order valence-corrected chi connectivity index (χ4v) is 3.60. The van der Waals surface area contributed by atoms with Gasteiger partial charge in [-0.1, -0.05) is 37.6 Å². The van der Waals surface area contributed by atoms with Crippen LogP contribution in [0.2, 0.25) is 5.02 Å². The minimum Gasteiger partial charge on any atom is -0.454 e. The van der Waals surface area contributed by atoms with Crippen LogP contribution in [0.5, 0.6) is 0 Å². The third kappa shape index (κ3) is 4.03. The lowest BCUT2D eigenvalue weighted by molar-refractivity contribution is 0.0461. The molecule has 9 heteroatoms. The summed E-state index contributed by atoms with van der Waals surface area (Å²) in [4.78, 5) is 25.5. The Hall–Kier alpha value is -3.26. The maximum atomic E-state index is 13.2. The predicted octanol–water partition coefficient (Wildman–Crippen LogP) is 4.24. The fourth-order valence-electron chi connectivity index (χ4n) is 3.36. The fraction of sp³-hybridized carbons (Fsp3) is 0.273. The van der Waals surface area contributed by atoms with E-state index in [0.29, 0.717) is 35.0 Å². The Morgan fingerprint density at radius 1 is 1.19 bits per heavy atom. The molecule has 2 aromatic carbocycles. The third-order valence-corrected chi connectivity index (χ3v) is 5.30. The number of para-hydroxylation sites is 1. The number of carbonyl (C=O) groups is 1. The van der Waals surface area contributed by atoms with E-state index in [9.17, 15) is 14.0 Å². The third-order valence-electron chi connectivity index (χ3n) is 4.99. The van der Waals surface area contributed by atoms with E-state index >= 15 is 0 Å². The second-order valence-electron chi connectivity index (χ2n) is 7.61. The van der Waals surface area contributed by atoms with Gasteiger partial charge in [-0.25, -0.2) is 9.18 Å². The van der Waals surface area contributed by atoms with Crippen LogP contribution >= 0.6 is 11.6 Å². The predicted molar refractivity (Wildman–Crippen MR) is 115 cm³/mol. The number of aromatic nitrogens is 4. The number of halogens is 2. The molecule has 31 heavy (non-hydrogen) atoms. The van der Waals surface area contributed by atoms with E-state index in [2.05, 4.69) is 24.0 Å². The summed E-state index contributed by atoms with van der Waals surface area (Å²) in [5.41, 5.74) is 0.535. The molecule has 2 heterocycles. The van der Waals surface area contributed by atoms with Crippen molar-refractivity contribution in [2.75, 3.05) is 0 Å². The summed E-state index contributed by atoms with van der Waals surface area (Å²) in [5.74, 6) is -0.108. The molecule has 0 amide bonds. The van der Waals surface area contributed by atoms with Crippen LogP contribution in [0.1, 0.15) is 36.5 Å². The van der Waals surface area contributed by atoms with Crippen molar-refractivity contribution in [1.82, 2.24) is 19.2 Å². The molecule has 4 rings (SSSR count). The average Bonchev–Trinajstić information content (AvgIpc) is 3.15. The molecular formula is C22H20ClFN4O3. The Balaban J connectivity index is 1.73. The van der Waals surface area contributed by atoms with Gasteiger partial charge in [0.15, 0.2) is 12.4 Å². The summed E-state index contributed by atoms with van der Waals surface area (Å²) in [7, 11) is 0. The molecule has 0 bridgehead atoms. The van der Waals surface area contributed by atoms with Crippen LogP contribution in [0.15, 0.2) is 47.3 Å². The maximum absolute atomic E-state index is 13.2. The largest absolute Gasteiger partial charge is 0.454 e. The molecule has 0 fully saturated rings. The number of aryl methyl sites for hydroxylation is 1. The van der Waals surface area contributed by atoms with Gasteiger partial charge in [0, 0.05) is 6.54 Å². The van der Waals surface area contributed by atoms with Crippen LogP contribution in [0, 0.1) is 11.7 Å². The van der Waals surface area contributed by atoms with Gasteiger partial charge < -0.3 is 4.74 Å². The molecule has 0 saturated heterocycles. The molecule has 0 aliphatic rings. The first kappa shape index (κ1) is 21.0. The number of esters is 1. The molecule has 0 aliphatic carbocycles. The first-order valence-electron chi connectivity index (χ1n) is 9.84.